The first kappa shape index (κ1) is 32.2. The average Bonchev–Trinajstić information content (AvgIpc) is 3.62. The summed E-state index contributed by atoms with van der Waals surface area (Å²) in [7, 11) is 5.11. The summed E-state index contributed by atoms with van der Waals surface area (Å²) in [5.41, 5.74) is 6.35. The van der Waals surface area contributed by atoms with Crippen molar-refractivity contribution in [3.8, 4) is 28.7 Å². The van der Waals surface area contributed by atoms with Crippen LogP contribution in [-0.4, -0.2) is 68.2 Å². The van der Waals surface area contributed by atoms with Gasteiger partial charge in [0.15, 0.2) is 28.8 Å². The minimum absolute atomic E-state index is 0.00155. The van der Waals surface area contributed by atoms with E-state index in [-0.39, 0.29) is 25.1 Å². The van der Waals surface area contributed by atoms with Gasteiger partial charge in [-0.05, 0) is 49.6 Å². The Bertz CT molecular complexity index is 1980. The van der Waals surface area contributed by atoms with Gasteiger partial charge in [-0.2, -0.15) is 0 Å². The lowest BCUT2D eigenvalue weighted by Crippen LogP contribution is -2.68. The zero-order chi connectivity index (χ0) is 34.7. The molecule has 4 aliphatic heterocycles. The molecule has 4 aromatic carbocycles. The molecule has 2 bridgehead atoms. The molecule has 258 valence electrons. The minimum Gasteiger partial charge on any atom is -0.496 e. The summed E-state index contributed by atoms with van der Waals surface area (Å²) in [6.07, 6.45) is 0.449. The second-order valence-electron chi connectivity index (χ2n) is 13.3. The number of carbonyl (C=O) groups excluding carboxylic acids is 2. The van der Waals surface area contributed by atoms with Gasteiger partial charge >= 0.3 is 0 Å². The van der Waals surface area contributed by atoms with E-state index in [1.165, 1.54) is 0 Å². The van der Waals surface area contributed by atoms with Gasteiger partial charge in [-0.25, -0.2) is 0 Å². The maximum atomic E-state index is 15.2. The van der Waals surface area contributed by atoms with Crippen LogP contribution in [0.1, 0.15) is 61.4 Å². The Kier molecular flexibility index (Phi) is 8.16. The molecule has 1 amide bonds. The van der Waals surface area contributed by atoms with Gasteiger partial charge in [-0.15, -0.1) is 0 Å². The first-order valence-electron chi connectivity index (χ1n) is 16.9. The average molecular weight is 677 g/mol. The van der Waals surface area contributed by atoms with Crippen molar-refractivity contribution in [1.82, 2.24) is 9.80 Å². The third-order valence-electron chi connectivity index (χ3n) is 10.6. The summed E-state index contributed by atoms with van der Waals surface area (Å²) >= 11 is 0. The van der Waals surface area contributed by atoms with E-state index in [0.29, 0.717) is 65.1 Å². The number of amides is 1. The predicted octanol–water partition coefficient (Wildman–Crippen LogP) is 5.89. The van der Waals surface area contributed by atoms with E-state index >= 15 is 4.79 Å². The predicted molar refractivity (Wildman–Crippen MR) is 184 cm³/mol. The number of ketones is 1. The van der Waals surface area contributed by atoms with Crippen LogP contribution in [-0.2, 0) is 29.2 Å². The maximum absolute atomic E-state index is 15.2. The normalized spacial score (nSPS) is 21.7. The van der Waals surface area contributed by atoms with Gasteiger partial charge in [0, 0.05) is 16.7 Å². The van der Waals surface area contributed by atoms with Crippen LogP contribution in [0.15, 0.2) is 66.7 Å². The van der Waals surface area contributed by atoms with Crippen molar-refractivity contribution < 1.29 is 38.0 Å². The van der Waals surface area contributed by atoms with Gasteiger partial charge in [-0.1, -0.05) is 66.7 Å². The molecule has 1 unspecified atom stereocenters. The van der Waals surface area contributed by atoms with E-state index in [2.05, 4.69) is 6.07 Å². The van der Waals surface area contributed by atoms with Crippen molar-refractivity contribution >= 4 is 11.7 Å². The molecule has 0 spiro atoms. The van der Waals surface area contributed by atoms with Crippen LogP contribution in [0.25, 0.3) is 0 Å². The van der Waals surface area contributed by atoms with Crippen molar-refractivity contribution in [2.45, 2.75) is 57.6 Å². The van der Waals surface area contributed by atoms with Crippen molar-refractivity contribution in [1.29, 1.82) is 0 Å². The Labute approximate surface area is 291 Å². The van der Waals surface area contributed by atoms with Crippen LogP contribution in [0.2, 0.25) is 0 Å². The van der Waals surface area contributed by atoms with Crippen molar-refractivity contribution in [3.05, 3.63) is 111 Å². The Balaban J connectivity index is 1.30. The monoisotopic (exact) mass is 676 g/mol. The minimum atomic E-state index is -0.916. The number of nitrogens with zero attached hydrogens (tertiary/aromatic N) is 2. The molecule has 10 nitrogen and oxygen atoms in total. The standard InChI is InChI=1S/C40H40N2O8/c1-22-16-26-17-27-40(44)42-28(20-47-18-24-12-8-6-9-13-24)30-31(36(46-5)23(2)37-39(30)50-21-49-37)34(43)33(42)32(41(27)3)29(26)38(35(22)45-4)48-19-25-14-10-7-11-15-25/h6-16,27-28,32-33H,17-21H2,1-5H3/t27-,28-,32?,33-/m0/s1. The fraction of sp³-hybridized carbons (Fsp3) is 0.350. The number of Topliss-reactive ketones (excluding diaryl/α,β-unsaturated/α-hetero) is 1. The number of carbonyl (C=O) groups is 2. The topological polar surface area (TPSA) is 96.0 Å². The number of fused-ring (bicyclic) bond motifs is 9. The lowest BCUT2D eigenvalue weighted by atomic mass is 9.73. The number of aryl methyl sites for hydroxylation is 1. The molecule has 8 rings (SSSR count). The Hall–Kier alpha value is -5.06. The molecule has 10 heteroatoms. The molecule has 4 aliphatic rings. The summed E-state index contributed by atoms with van der Waals surface area (Å²) in [5.74, 6) is 2.21. The molecular weight excluding hydrogens is 636 g/mol. The first-order chi connectivity index (χ1) is 24.3. The zero-order valence-electron chi connectivity index (χ0n) is 28.9. The van der Waals surface area contributed by atoms with Crippen LogP contribution in [0.5, 0.6) is 28.7 Å². The van der Waals surface area contributed by atoms with Gasteiger partial charge in [0.1, 0.15) is 18.4 Å². The Morgan fingerprint density at radius 1 is 0.800 bits per heavy atom. The van der Waals surface area contributed by atoms with E-state index in [0.717, 1.165) is 27.8 Å². The summed E-state index contributed by atoms with van der Waals surface area (Å²) < 4.78 is 37.0. The fourth-order valence-corrected chi connectivity index (χ4v) is 8.36. The van der Waals surface area contributed by atoms with Gasteiger partial charge in [0.25, 0.3) is 0 Å². The molecule has 4 heterocycles. The number of hydrogen-bond acceptors (Lipinski definition) is 9. The molecule has 1 fully saturated rings. The third-order valence-corrected chi connectivity index (χ3v) is 10.6. The number of rotatable bonds is 9. The molecule has 0 aliphatic carbocycles. The zero-order valence-corrected chi connectivity index (χ0v) is 28.9. The second-order valence-corrected chi connectivity index (χ2v) is 13.3. The summed E-state index contributed by atoms with van der Waals surface area (Å²) in [5, 5.41) is 0. The first-order valence-corrected chi connectivity index (χ1v) is 16.9. The summed E-state index contributed by atoms with van der Waals surface area (Å²) in [6.45, 7) is 4.62. The molecule has 50 heavy (non-hydrogen) atoms. The molecule has 4 aromatic rings. The molecule has 4 atom stereocenters. The lowest BCUT2D eigenvalue weighted by molar-refractivity contribution is -0.156. The van der Waals surface area contributed by atoms with Crippen molar-refractivity contribution in [2.75, 3.05) is 34.7 Å². The molecule has 0 radical (unpaired) electrons. The van der Waals surface area contributed by atoms with Crippen LogP contribution < -0.4 is 23.7 Å². The molecule has 0 N–H and O–H groups in total. The Morgan fingerprint density at radius 2 is 1.46 bits per heavy atom. The van der Waals surface area contributed by atoms with E-state index in [4.69, 9.17) is 28.4 Å². The van der Waals surface area contributed by atoms with Crippen molar-refractivity contribution in [2.24, 2.45) is 0 Å². The van der Waals surface area contributed by atoms with E-state index in [1.807, 2.05) is 86.5 Å². The van der Waals surface area contributed by atoms with Gasteiger partial charge in [0.2, 0.25) is 12.7 Å². The van der Waals surface area contributed by atoms with Gasteiger partial charge < -0.3 is 33.3 Å². The van der Waals surface area contributed by atoms with E-state index in [1.54, 1.807) is 19.1 Å². The second kappa shape index (κ2) is 12.7. The quantitative estimate of drug-likeness (QED) is 0.215. The van der Waals surface area contributed by atoms with Gasteiger partial charge in [-0.3, -0.25) is 14.5 Å². The third kappa shape index (κ3) is 4.92. The lowest BCUT2D eigenvalue weighted by Gasteiger charge is -2.56. The number of piperazine rings is 1. The summed E-state index contributed by atoms with van der Waals surface area (Å²) in [6, 6.07) is 19.3. The molecule has 0 saturated carbocycles. The highest BCUT2D eigenvalue weighted by molar-refractivity contribution is 6.10. The number of methoxy groups -OCH3 is 2. The molecular formula is C40H40N2O8. The SMILES string of the molecule is COc1c(C)cc2c(c1OCc1ccccc1)C1[C@H]3C(=O)c4c(OC)c(C)c5c(c4[C@H](COCc4ccccc4)N3C(=O)[C@H](C2)N1C)OCO5. The smallest absolute Gasteiger partial charge is 0.241 e. The van der Waals surface area contributed by atoms with Crippen molar-refractivity contribution in [3.63, 3.8) is 0 Å². The van der Waals surface area contributed by atoms with E-state index in [9.17, 15) is 4.79 Å². The van der Waals surface area contributed by atoms with E-state index < -0.39 is 24.2 Å². The molecule has 0 aromatic heterocycles. The number of benzene rings is 4. The number of ether oxygens (including phenoxy) is 6. The number of likely N-dealkylation sites (N-methyl/N-ethyl adjacent to an activating group) is 1. The highest BCUT2D eigenvalue weighted by Gasteiger charge is 2.59. The number of hydrogen-bond donors (Lipinski definition) is 0. The van der Waals surface area contributed by atoms with Crippen LogP contribution in [0.4, 0.5) is 0 Å². The Morgan fingerprint density at radius 3 is 2.14 bits per heavy atom. The highest BCUT2D eigenvalue weighted by atomic mass is 16.7. The van der Waals surface area contributed by atoms with Gasteiger partial charge in [0.05, 0.1) is 51.1 Å². The molecule has 1 saturated heterocycles. The highest BCUT2D eigenvalue weighted by Crippen LogP contribution is 2.57. The van der Waals surface area contributed by atoms with Crippen LogP contribution in [0, 0.1) is 13.8 Å². The fourth-order valence-electron chi connectivity index (χ4n) is 8.36. The maximum Gasteiger partial charge on any atom is 0.241 e. The van der Waals surface area contributed by atoms with Crippen LogP contribution in [0.3, 0.4) is 0 Å². The van der Waals surface area contributed by atoms with Crippen LogP contribution >= 0.6 is 0 Å². The summed E-state index contributed by atoms with van der Waals surface area (Å²) in [4.78, 5) is 33.8. The largest absolute Gasteiger partial charge is 0.496 e.